The first kappa shape index (κ1) is 23.1. The van der Waals surface area contributed by atoms with Crippen LogP contribution in [0.4, 0.5) is 16.2 Å². The molecule has 1 aliphatic heterocycles. The summed E-state index contributed by atoms with van der Waals surface area (Å²) in [6, 6.07) is 6.89. The number of nitrogens with two attached hydrogens (primary N) is 1. The smallest absolute Gasteiger partial charge is 0.335 e. The molecular weight excluding hydrogens is 556 g/mol. The highest BCUT2D eigenvalue weighted by Crippen LogP contribution is 2.36. The zero-order valence-electron chi connectivity index (χ0n) is 15.8. The van der Waals surface area contributed by atoms with Crippen molar-refractivity contribution in [3.8, 4) is 5.75 Å². The van der Waals surface area contributed by atoms with Crippen molar-refractivity contribution >= 4 is 73.1 Å². The molecule has 0 spiro atoms. The van der Waals surface area contributed by atoms with E-state index in [1.807, 2.05) is 5.32 Å². The van der Waals surface area contributed by atoms with Gasteiger partial charge in [-0.2, -0.15) is 0 Å². The summed E-state index contributed by atoms with van der Waals surface area (Å²) in [5.74, 6) is -2.28. The van der Waals surface area contributed by atoms with E-state index in [4.69, 9.17) is 10.5 Å². The lowest BCUT2D eigenvalue weighted by molar-refractivity contribution is -0.384. The van der Waals surface area contributed by atoms with E-state index in [9.17, 15) is 29.3 Å². The number of carbonyl (C=O) groups excluding carboxylic acids is 4. The van der Waals surface area contributed by atoms with E-state index in [0.717, 1.165) is 6.07 Å². The number of nitrogens with zero attached hydrogens (tertiary/aromatic N) is 2. The Balaban J connectivity index is 1.98. The number of rotatable bonds is 6. The van der Waals surface area contributed by atoms with Gasteiger partial charge in [0.25, 0.3) is 23.4 Å². The van der Waals surface area contributed by atoms with Crippen molar-refractivity contribution < 1.29 is 28.8 Å². The summed E-state index contributed by atoms with van der Waals surface area (Å²) in [4.78, 5) is 59.5. The lowest BCUT2D eigenvalue weighted by Crippen LogP contribution is -2.54. The molecule has 164 valence electrons. The fourth-order valence-corrected chi connectivity index (χ4v) is 4.20. The summed E-state index contributed by atoms with van der Waals surface area (Å²) in [5, 5.41) is 13.1. The van der Waals surface area contributed by atoms with Crippen LogP contribution in [0.15, 0.2) is 50.9 Å². The van der Waals surface area contributed by atoms with Crippen molar-refractivity contribution in [2.24, 2.45) is 5.73 Å². The molecule has 1 fully saturated rings. The van der Waals surface area contributed by atoms with Crippen molar-refractivity contribution in [1.82, 2.24) is 5.32 Å². The van der Waals surface area contributed by atoms with Gasteiger partial charge < -0.3 is 10.5 Å². The minimum absolute atomic E-state index is 0.0716. The number of primary amides is 1. The highest BCUT2D eigenvalue weighted by Gasteiger charge is 2.37. The molecule has 0 bridgehead atoms. The molecule has 2 aromatic rings. The van der Waals surface area contributed by atoms with Crippen LogP contribution >= 0.6 is 31.9 Å². The van der Waals surface area contributed by atoms with Crippen molar-refractivity contribution in [3.05, 3.63) is 66.6 Å². The first-order valence-electron chi connectivity index (χ1n) is 8.64. The SMILES string of the molecule is NC(=O)COc1c(Br)cc(/C=C2\C(=O)NC(=O)N(c3cccc([N+](=O)[O-])c3)C2=O)cc1Br. The summed E-state index contributed by atoms with van der Waals surface area (Å²) in [6.07, 6.45) is 1.24. The maximum Gasteiger partial charge on any atom is 0.335 e. The van der Waals surface area contributed by atoms with Gasteiger partial charge in [-0.25, -0.2) is 9.69 Å². The average molecular weight is 568 g/mol. The highest BCUT2D eigenvalue weighted by molar-refractivity contribution is 9.11. The summed E-state index contributed by atoms with van der Waals surface area (Å²) in [6.45, 7) is -0.362. The number of nitro benzene ring substituents is 1. The first-order chi connectivity index (χ1) is 15.1. The quantitative estimate of drug-likeness (QED) is 0.234. The minimum atomic E-state index is -1.03. The van der Waals surface area contributed by atoms with Crippen molar-refractivity contribution in [2.75, 3.05) is 11.5 Å². The lowest BCUT2D eigenvalue weighted by Gasteiger charge is -2.26. The van der Waals surface area contributed by atoms with Crippen LogP contribution in [0.2, 0.25) is 0 Å². The minimum Gasteiger partial charge on any atom is -0.481 e. The normalized spacial score (nSPS) is 15.0. The highest BCUT2D eigenvalue weighted by atomic mass is 79.9. The van der Waals surface area contributed by atoms with Crippen LogP contribution in [0.3, 0.4) is 0 Å². The van der Waals surface area contributed by atoms with Crippen LogP contribution < -0.4 is 20.7 Å². The van der Waals surface area contributed by atoms with Gasteiger partial charge >= 0.3 is 6.03 Å². The predicted molar refractivity (Wildman–Crippen MR) is 119 cm³/mol. The maximum absolute atomic E-state index is 13.0. The first-order valence-corrected chi connectivity index (χ1v) is 10.2. The molecule has 1 heterocycles. The number of nitro groups is 1. The molecule has 0 saturated carbocycles. The Labute approximate surface area is 196 Å². The lowest BCUT2D eigenvalue weighted by atomic mass is 10.1. The third-order valence-electron chi connectivity index (χ3n) is 4.09. The Morgan fingerprint density at radius 1 is 1.19 bits per heavy atom. The van der Waals surface area contributed by atoms with Gasteiger partial charge in [-0.05, 0) is 61.7 Å². The molecule has 1 saturated heterocycles. The number of hydrogen-bond donors (Lipinski definition) is 2. The molecule has 32 heavy (non-hydrogen) atoms. The number of imide groups is 2. The molecular formula is C19H12Br2N4O7. The van der Waals surface area contributed by atoms with Gasteiger partial charge in [0.05, 0.1) is 19.6 Å². The zero-order chi connectivity index (χ0) is 23.6. The Morgan fingerprint density at radius 2 is 1.84 bits per heavy atom. The average Bonchev–Trinajstić information content (AvgIpc) is 2.70. The van der Waals surface area contributed by atoms with Gasteiger partial charge in [-0.1, -0.05) is 6.07 Å². The molecule has 3 N–H and O–H groups in total. The van der Waals surface area contributed by atoms with E-state index in [1.54, 1.807) is 0 Å². The van der Waals surface area contributed by atoms with E-state index < -0.39 is 28.7 Å². The summed E-state index contributed by atoms with van der Waals surface area (Å²) >= 11 is 6.55. The molecule has 1 aliphatic rings. The molecule has 13 heteroatoms. The molecule has 0 aliphatic carbocycles. The van der Waals surface area contributed by atoms with Gasteiger partial charge in [0, 0.05) is 12.1 Å². The van der Waals surface area contributed by atoms with Crippen molar-refractivity contribution in [3.63, 3.8) is 0 Å². The van der Waals surface area contributed by atoms with Crippen LogP contribution in [0.5, 0.6) is 5.75 Å². The van der Waals surface area contributed by atoms with E-state index in [1.165, 1.54) is 36.4 Å². The van der Waals surface area contributed by atoms with Crippen LogP contribution in [0.1, 0.15) is 5.56 Å². The van der Waals surface area contributed by atoms with Crippen LogP contribution in [0, 0.1) is 10.1 Å². The maximum atomic E-state index is 13.0. The zero-order valence-corrected chi connectivity index (χ0v) is 19.0. The fourth-order valence-electron chi connectivity index (χ4n) is 2.75. The predicted octanol–water partition coefficient (Wildman–Crippen LogP) is 2.65. The second-order valence-electron chi connectivity index (χ2n) is 6.30. The number of ether oxygens (including phenoxy) is 1. The Hall–Kier alpha value is -3.58. The second kappa shape index (κ2) is 9.28. The van der Waals surface area contributed by atoms with Crippen LogP contribution in [0.25, 0.3) is 6.08 Å². The molecule has 2 aromatic carbocycles. The molecule has 0 unspecified atom stereocenters. The number of urea groups is 1. The second-order valence-corrected chi connectivity index (χ2v) is 8.01. The number of benzene rings is 2. The number of non-ortho nitro benzene ring substituents is 1. The van der Waals surface area contributed by atoms with Gasteiger partial charge in [0.2, 0.25) is 0 Å². The van der Waals surface area contributed by atoms with E-state index in [2.05, 4.69) is 31.9 Å². The third-order valence-corrected chi connectivity index (χ3v) is 5.27. The third kappa shape index (κ3) is 4.84. The van der Waals surface area contributed by atoms with Crippen molar-refractivity contribution in [1.29, 1.82) is 0 Å². The Bertz CT molecular complexity index is 1190. The molecule has 11 nitrogen and oxygen atoms in total. The van der Waals surface area contributed by atoms with E-state index in [0.29, 0.717) is 19.4 Å². The number of carbonyl (C=O) groups is 4. The number of anilines is 1. The van der Waals surface area contributed by atoms with Gasteiger partial charge in [-0.15, -0.1) is 0 Å². The Morgan fingerprint density at radius 3 is 2.44 bits per heavy atom. The standard InChI is InChI=1S/C19H12Br2N4O7/c20-13-5-9(6-14(21)16(13)32-8-15(22)26)4-12-17(27)23-19(29)24(18(12)28)10-2-1-3-11(7-10)25(30)31/h1-7H,8H2,(H2,22,26)(H,23,27,29)/b12-4+. The summed E-state index contributed by atoms with van der Waals surface area (Å²) < 4.78 is 6.09. The monoisotopic (exact) mass is 566 g/mol. The van der Waals surface area contributed by atoms with Crippen LogP contribution in [-0.2, 0) is 14.4 Å². The fraction of sp³-hybridized carbons (Fsp3) is 0.0526. The van der Waals surface area contributed by atoms with Gasteiger partial charge in [0.15, 0.2) is 6.61 Å². The molecule has 0 atom stereocenters. The summed E-state index contributed by atoms with van der Waals surface area (Å²) in [5.41, 5.74) is 4.67. The van der Waals surface area contributed by atoms with Crippen LogP contribution in [-0.4, -0.2) is 35.3 Å². The number of halogens is 2. The van der Waals surface area contributed by atoms with Gasteiger partial charge in [-0.3, -0.25) is 29.8 Å². The number of hydrogen-bond acceptors (Lipinski definition) is 7. The number of nitrogens with one attached hydrogen (secondary N) is 1. The molecule has 0 aromatic heterocycles. The largest absolute Gasteiger partial charge is 0.481 e. The molecule has 5 amide bonds. The van der Waals surface area contributed by atoms with E-state index >= 15 is 0 Å². The van der Waals surface area contributed by atoms with Crippen molar-refractivity contribution in [2.45, 2.75) is 0 Å². The number of barbiturate groups is 1. The summed E-state index contributed by atoms with van der Waals surface area (Å²) in [7, 11) is 0. The molecule has 0 radical (unpaired) electrons. The topological polar surface area (TPSA) is 162 Å². The Kier molecular flexibility index (Phi) is 6.69. The molecule has 3 rings (SSSR count). The van der Waals surface area contributed by atoms with E-state index in [-0.39, 0.29) is 29.3 Å². The van der Waals surface area contributed by atoms with Gasteiger partial charge in [0.1, 0.15) is 11.3 Å². The number of amides is 5.